The van der Waals surface area contributed by atoms with Crippen molar-refractivity contribution in [1.82, 2.24) is 10.2 Å². The Morgan fingerprint density at radius 3 is 2.29 bits per heavy atom. The van der Waals surface area contributed by atoms with Gasteiger partial charge in [-0.3, -0.25) is 9.59 Å². The van der Waals surface area contributed by atoms with Crippen molar-refractivity contribution in [3.63, 3.8) is 0 Å². The largest absolute Gasteiger partial charge is 0.497 e. The molecule has 0 spiro atoms. The van der Waals surface area contributed by atoms with Crippen LogP contribution < -0.4 is 14.8 Å². The molecule has 2 aromatic rings. The molecular weight excluding hydrogens is 392 g/mol. The van der Waals surface area contributed by atoms with Gasteiger partial charge in [0, 0.05) is 24.7 Å². The van der Waals surface area contributed by atoms with Gasteiger partial charge in [-0.25, -0.2) is 0 Å². The van der Waals surface area contributed by atoms with Crippen molar-refractivity contribution in [2.75, 3.05) is 20.2 Å². The summed E-state index contributed by atoms with van der Waals surface area (Å²) in [4.78, 5) is 27.1. The van der Waals surface area contributed by atoms with Crippen LogP contribution in [0.3, 0.4) is 0 Å². The number of nitrogens with zero attached hydrogens (tertiary/aromatic N) is 1. The van der Waals surface area contributed by atoms with E-state index in [-0.39, 0.29) is 17.9 Å². The molecule has 1 atom stereocenters. The summed E-state index contributed by atoms with van der Waals surface area (Å²) < 4.78 is 11.0. The Bertz CT molecular complexity index is 887. The quantitative estimate of drug-likeness (QED) is 0.729. The molecule has 6 nitrogen and oxygen atoms in total. The maximum atomic E-state index is 12.7. The van der Waals surface area contributed by atoms with Gasteiger partial charge in [0.1, 0.15) is 11.5 Å². The van der Waals surface area contributed by atoms with Crippen molar-refractivity contribution in [2.45, 2.75) is 51.7 Å². The number of amides is 2. The first kappa shape index (κ1) is 22.7. The molecule has 1 aliphatic rings. The molecule has 3 rings (SSSR count). The second-order valence-electron chi connectivity index (χ2n) is 8.29. The van der Waals surface area contributed by atoms with Gasteiger partial charge in [0.15, 0.2) is 6.10 Å². The summed E-state index contributed by atoms with van der Waals surface area (Å²) in [5.74, 6) is 1.67. The fourth-order valence-corrected chi connectivity index (χ4v) is 3.67. The number of ether oxygens (including phenoxy) is 2. The highest BCUT2D eigenvalue weighted by Crippen LogP contribution is 2.20. The van der Waals surface area contributed by atoms with Crippen LogP contribution in [0.4, 0.5) is 0 Å². The predicted octanol–water partition coefficient (Wildman–Crippen LogP) is 4.01. The van der Waals surface area contributed by atoms with Gasteiger partial charge in [0.05, 0.1) is 7.11 Å². The van der Waals surface area contributed by atoms with Crippen LogP contribution in [-0.4, -0.2) is 49.1 Å². The van der Waals surface area contributed by atoms with E-state index >= 15 is 0 Å². The molecule has 0 saturated carbocycles. The van der Waals surface area contributed by atoms with E-state index in [4.69, 9.17) is 9.47 Å². The molecule has 2 amide bonds. The van der Waals surface area contributed by atoms with Crippen LogP contribution in [0.15, 0.2) is 48.5 Å². The third-order valence-electron chi connectivity index (χ3n) is 5.67. The van der Waals surface area contributed by atoms with Crippen molar-refractivity contribution >= 4 is 11.8 Å². The summed E-state index contributed by atoms with van der Waals surface area (Å²) >= 11 is 0. The third-order valence-corrected chi connectivity index (χ3v) is 5.67. The van der Waals surface area contributed by atoms with E-state index in [0.717, 1.165) is 12.8 Å². The van der Waals surface area contributed by atoms with E-state index in [9.17, 15) is 9.59 Å². The number of carbonyl (C=O) groups excluding carboxylic acids is 2. The van der Waals surface area contributed by atoms with Crippen molar-refractivity contribution < 1.29 is 19.1 Å². The molecule has 2 aromatic carbocycles. The number of methoxy groups -OCH3 is 1. The lowest BCUT2D eigenvalue weighted by Gasteiger charge is -2.33. The standard InChI is InChI=1S/C25H32N2O4/c1-17(2)19-8-10-22(11-9-19)31-18(3)24(28)26-21-12-14-27(15-13-21)25(29)20-6-5-7-23(16-20)30-4/h5-11,16-18,21H,12-15H2,1-4H3,(H,26,28). The number of rotatable bonds is 7. The Morgan fingerprint density at radius 1 is 1.00 bits per heavy atom. The van der Waals surface area contributed by atoms with Crippen LogP contribution in [0.1, 0.15) is 55.5 Å². The number of piperidine rings is 1. The summed E-state index contributed by atoms with van der Waals surface area (Å²) in [5, 5.41) is 3.06. The molecule has 1 heterocycles. The molecule has 1 saturated heterocycles. The Labute approximate surface area is 184 Å². The van der Waals surface area contributed by atoms with Gasteiger partial charge in [-0.05, 0) is 61.6 Å². The SMILES string of the molecule is COc1cccc(C(=O)N2CCC(NC(=O)C(C)Oc3ccc(C(C)C)cc3)CC2)c1. The Hall–Kier alpha value is -3.02. The monoisotopic (exact) mass is 424 g/mol. The summed E-state index contributed by atoms with van der Waals surface area (Å²) in [6, 6.07) is 15.1. The van der Waals surface area contributed by atoms with Crippen LogP contribution >= 0.6 is 0 Å². The number of likely N-dealkylation sites (tertiary alicyclic amines) is 1. The fourth-order valence-electron chi connectivity index (χ4n) is 3.67. The van der Waals surface area contributed by atoms with Gasteiger partial charge in [0.2, 0.25) is 0 Å². The number of hydrogen-bond donors (Lipinski definition) is 1. The Balaban J connectivity index is 1.47. The molecule has 166 valence electrons. The normalized spacial score (nSPS) is 15.5. The second-order valence-corrected chi connectivity index (χ2v) is 8.29. The van der Waals surface area contributed by atoms with E-state index in [1.165, 1.54) is 5.56 Å². The van der Waals surface area contributed by atoms with Crippen molar-refractivity contribution in [1.29, 1.82) is 0 Å². The first-order valence-corrected chi connectivity index (χ1v) is 10.9. The van der Waals surface area contributed by atoms with Crippen molar-refractivity contribution in [2.24, 2.45) is 0 Å². The third kappa shape index (κ3) is 6.00. The Kier molecular flexibility index (Phi) is 7.55. The van der Waals surface area contributed by atoms with E-state index in [0.29, 0.717) is 36.1 Å². The first-order chi connectivity index (χ1) is 14.9. The topological polar surface area (TPSA) is 67.9 Å². The fraction of sp³-hybridized carbons (Fsp3) is 0.440. The smallest absolute Gasteiger partial charge is 0.260 e. The predicted molar refractivity (Wildman–Crippen MR) is 121 cm³/mol. The number of nitrogens with one attached hydrogen (secondary N) is 1. The van der Waals surface area contributed by atoms with Crippen LogP contribution in [0.5, 0.6) is 11.5 Å². The highest BCUT2D eigenvalue weighted by atomic mass is 16.5. The van der Waals surface area contributed by atoms with Crippen molar-refractivity contribution in [3.8, 4) is 11.5 Å². The molecule has 0 radical (unpaired) electrons. The summed E-state index contributed by atoms with van der Waals surface area (Å²) in [6.07, 6.45) is 0.857. The molecule has 1 aliphatic heterocycles. The molecule has 1 unspecified atom stereocenters. The molecule has 6 heteroatoms. The maximum absolute atomic E-state index is 12.7. The lowest BCUT2D eigenvalue weighted by molar-refractivity contribution is -0.128. The summed E-state index contributed by atoms with van der Waals surface area (Å²) in [7, 11) is 1.59. The first-order valence-electron chi connectivity index (χ1n) is 10.9. The molecule has 1 fully saturated rings. The van der Waals surface area contributed by atoms with Crippen LogP contribution in [0.2, 0.25) is 0 Å². The molecule has 0 aliphatic carbocycles. The van der Waals surface area contributed by atoms with E-state index in [2.05, 4.69) is 19.2 Å². The lowest BCUT2D eigenvalue weighted by atomic mass is 10.0. The zero-order valence-electron chi connectivity index (χ0n) is 18.8. The molecule has 0 aromatic heterocycles. The van der Waals surface area contributed by atoms with Crippen LogP contribution in [0, 0.1) is 0 Å². The number of hydrogen-bond acceptors (Lipinski definition) is 4. The van der Waals surface area contributed by atoms with Gasteiger partial charge in [-0.15, -0.1) is 0 Å². The van der Waals surface area contributed by atoms with Gasteiger partial charge in [0.25, 0.3) is 11.8 Å². The average molecular weight is 425 g/mol. The second kappa shape index (κ2) is 10.3. The van der Waals surface area contributed by atoms with Gasteiger partial charge in [-0.1, -0.05) is 32.0 Å². The van der Waals surface area contributed by atoms with Crippen molar-refractivity contribution in [3.05, 3.63) is 59.7 Å². The molecule has 1 N–H and O–H groups in total. The van der Waals surface area contributed by atoms with Gasteiger partial charge < -0.3 is 19.7 Å². The zero-order chi connectivity index (χ0) is 22.4. The summed E-state index contributed by atoms with van der Waals surface area (Å²) in [5.41, 5.74) is 1.85. The van der Waals surface area contributed by atoms with Gasteiger partial charge >= 0.3 is 0 Å². The highest BCUT2D eigenvalue weighted by Gasteiger charge is 2.26. The molecule has 0 bridgehead atoms. The minimum Gasteiger partial charge on any atom is -0.497 e. The van der Waals surface area contributed by atoms with Crippen LogP contribution in [0.25, 0.3) is 0 Å². The zero-order valence-corrected chi connectivity index (χ0v) is 18.8. The highest BCUT2D eigenvalue weighted by molar-refractivity contribution is 5.94. The molecule has 31 heavy (non-hydrogen) atoms. The van der Waals surface area contributed by atoms with Crippen LogP contribution in [-0.2, 0) is 4.79 Å². The van der Waals surface area contributed by atoms with E-state index in [1.54, 1.807) is 26.2 Å². The average Bonchev–Trinajstić information content (AvgIpc) is 2.79. The van der Waals surface area contributed by atoms with E-state index < -0.39 is 6.10 Å². The molecular formula is C25H32N2O4. The number of benzene rings is 2. The number of carbonyl (C=O) groups is 2. The lowest BCUT2D eigenvalue weighted by Crippen LogP contribution is -2.49. The maximum Gasteiger partial charge on any atom is 0.260 e. The van der Waals surface area contributed by atoms with E-state index in [1.807, 2.05) is 41.3 Å². The summed E-state index contributed by atoms with van der Waals surface area (Å²) in [6.45, 7) is 7.25. The minimum absolute atomic E-state index is 0.00905. The minimum atomic E-state index is -0.582. The Morgan fingerprint density at radius 2 is 1.68 bits per heavy atom. The van der Waals surface area contributed by atoms with Gasteiger partial charge in [-0.2, -0.15) is 0 Å².